The Morgan fingerprint density at radius 3 is 2.67 bits per heavy atom. The summed E-state index contributed by atoms with van der Waals surface area (Å²) < 4.78 is 11.0. The molecule has 1 aromatic carbocycles. The number of hydrogen-bond donors (Lipinski definition) is 3. The number of amides is 1. The van der Waals surface area contributed by atoms with Gasteiger partial charge >= 0.3 is 0 Å². The van der Waals surface area contributed by atoms with Crippen molar-refractivity contribution in [2.45, 2.75) is 0 Å². The maximum Gasteiger partial charge on any atom is 0.284 e. The lowest BCUT2D eigenvalue weighted by atomic mass is 10.2. The number of benzene rings is 1. The quantitative estimate of drug-likeness (QED) is 0.320. The molecule has 0 saturated heterocycles. The molecule has 0 aromatic heterocycles. The second-order valence-corrected chi connectivity index (χ2v) is 6.68. The molecule has 1 unspecified atom stereocenters. The summed E-state index contributed by atoms with van der Waals surface area (Å²) in [5.41, 5.74) is 0.209. The highest BCUT2D eigenvalue weighted by molar-refractivity contribution is 7.57. The molecule has 6 nitrogen and oxygen atoms in total. The maximum absolute atomic E-state index is 11.8. The van der Waals surface area contributed by atoms with Gasteiger partial charge in [0.2, 0.25) is 12.4 Å². The van der Waals surface area contributed by atoms with Crippen LogP contribution in [0, 0.1) is 11.6 Å². The molecule has 0 fully saturated rings. The van der Waals surface area contributed by atoms with E-state index in [1.807, 2.05) is 0 Å². The van der Waals surface area contributed by atoms with Gasteiger partial charge < -0.3 is 4.89 Å². The number of nitrogens with zero attached hydrogens (tertiary/aromatic N) is 1. The van der Waals surface area contributed by atoms with Crippen molar-refractivity contribution in [3.8, 4) is 0 Å². The molecule has 0 heterocycles. The molecule has 0 bridgehead atoms. The fourth-order valence-corrected chi connectivity index (χ4v) is 1.97. The zero-order chi connectivity index (χ0) is 13.8. The van der Waals surface area contributed by atoms with Crippen LogP contribution in [0.25, 0.3) is 0 Å². The van der Waals surface area contributed by atoms with E-state index in [1.54, 1.807) is 18.2 Å². The van der Waals surface area contributed by atoms with Crippen LogP contribution in [0.1, 0.15) is 10.4 Å². The van der Waals surface area contributed by atoms with Crippen LogP contribution in [-0.2, 0) is 4.57 Å². The van der Waals surface area contributed by atoms with Gasteiger partial charge in [0.25, 0.3) is 5.91 Å². The fourth-order valence-electron chi connectivity index (χ4n) is 1.22. The van der Waals surface area contributed by atoms with Crippen LogP contribution >= 0.6 is 7.37 Å². The Morgan fingerprint density at radius 2 is 2.11 bits per heavy atom. The number of hydroxylamine groups is 2. The molecule has 1 atom stereocenters. The van der Waals surface area contributed by atoms with Gasteiger partial charge in [-0.15, -0.1) is 0 Å². The van der Waals surface area contributed by atoms with Gasteiger partial charge in [0.15, 0.2) is 11.6 Å². The lowest BCUT2D eigenvalue weighted by Crippen LogP contribution is -2.36. The van der Waals surface area contributed by atoms with Gasteiger partial charge in [-0.25, -0.2) is 5.06 Å². The minimum atomic E-state index is -3.21. The smallest absolute Gasteiger partial charge is 0.284 e. The first-order chi connectivity index (χ1) is 8.31. The molecule has 18 heavy (non-hydrogen) atoms. The molecule has 0 aliphatic carbocycles. The molecule has 1 rings (SSSR count). The van der Waals surface area contributed by atoms with Gasteiger partial charge in [-0.2, -0.15) is 0 Å². The Kier molecular flexibility index (Phi) is 5.31. The Labute approximate surface area is 110 Å². The third-order valence-corrected chi connectivity index (χ3v) is 3.19. The summed E-state index contributed by atoms with van der Waals surface area (Å²) in [6.45, 7) is 0.934. The molecule has 0 spiro atoms. The second-order valence-electron chi connectivity index (χ2n) is 3.82. The van der Waals surface area contributed by atoms with Gasteiger partial charge in [-0.1, -0.05) is 12.1 Å². The van der Waals surface area contributed by atoms with Gasteiger partial charge in [0, 0.05) is 12.7 Å². The first kappa shape index (κ1) is 15.1. The van der Waals surface area contributed by atoms with Crippen LogP contribution in [0.15, 0.2) is 24.3 Å². The van der Waals surface area contributed by atoms with E-state index in [1.165, 1.54) is 12.7 Å². The lowest BCUT2D eigenvalue weighted by molar-refractivity contribution is -0.289. The molecule has 1 amide bonds. The van der Waals surface area contributed by atoms with Crippen molar-refractivity contribution in [2.24, 2.45) is 0 Å². The third-order valence-electron chi connectivity index (χ3n) is 2.02. The van der Waals surface area contributed by atoms with Crippen LogP contribution < -0.4 is 5.32 Å². The van der Waals surface area contributed by atoms with Crippen LogP contribution in [0.5, 0.6) is 0 Å². The minimum Gasteiger partial charge on any atom is -0.344 e. The normalized spacial score (nSPS) is 14.0. The minimum absolute atomic E-state index is 0.188. The summed E-state index contributed by atoms with van der Waals surface area (Å²) in [7, 11) is -3.21. The molecular formula is C10H15ClN2O4P+. The molecule has 1 aromatic rings. The summed E-state index contributed by atoms with van der Waals surface area (Å²) in [4.78, 5) is 20.8. The van der Waals surface area contributed by atoms with Crippen molar-refractivity contribution in [1.29, 1.82) is 0 Å². The maximum atomic E-state index is 11.8. The van der Waals surface area contributed by atoms with Crippen molar-refractivity contribution in [3.05, 3.63) is 34.9 Å². The predicted octanol–water partition coefficient (Wildman–Crippen LogP) is 0.619. The third kappa shape index (κ3) is 4.76. The largest absolute Gasteiger partial charge is 0.344 e. The number of carbonyl (C=O) groups is 1. The Balaban J connectivity index is 2.57. The molecule has 0 saturated carbocycles. The molecule has 0 aliphatic heterocycles. The van der Waals surface area contributed by atoms with E-state index in [0.717, 1.165) is 0 Å². The average molecular weight is 294 g/mol. The standard InChI is InChI=1S/C10H14ClN2O4P/c1-18(16,17)7-12-6-13(15)10(14)8-4-2-3-5-9(8)11/h2-5,11-12,15H,6-7H2,1H3/p+1. The second kappa shape index (κ2) is 6.31. The summed E-state index contributed by atoms with van der Waals surface area (Å²) >= 11 is 4.96. The number of carbonyl (C=O) groups excluding carboxylic acids is 1. The van der Waals surface area contributed by atoms with Crippen LogP contribution in [-0.4, -0.2) is 40.7 Å². The summed E-state index contributed by atoms with van der Waals surface area (Å²) in [5, 5.41) is 12.8. The molecule has 3 N–H and O–H groups in total. The molecule has 100 valence electrons. The first-order valence-corrected chi connectivity index (χ1v) is 7.78. The lowest BCUT2D eigenvalue weighted by Gasteiger charge is -2.16. The van der Waals surface area contributed by atoms with E-state index >= 15 is 0 Å². The zero-order valence-electron chi connectivity index (χ0n) is 9.74. The number of nitrogens with one attached hydrogen (secondary N) is 1. The van der Waals surface area contributed by atoms with E-state index in [2.05, 4.69) is 5.32 Å². The highest BCUT2D eigenvalue weighted by Gasteiger charge is 2.20. The van der Waals surface area contributed by atoms with Crippen molar-refractivity contribution >= 4 is 13.3 Å². The van der Waals surface area contributed by atoms with E-state index in [9.17, 15) is 14.6 Å². The van der Waals surface area contributed by atoms with E-state index < -0.39 is 13.3 Å². The van der Waals surface area contributed by atoms with Gasteiger partial charge in [-0.05, 0) is 6.07 Å². The topological polar surface area (TPSA) is 89.9 Å². The Hall–Kier alpha value is -0.910. The van der Waals surface area contributed by atoms with Crippen LogP contribution in [0.2, 0.25) is 5.02 Å². The fraction of sp³-hybridized carbons (Fsp3) is 0.300. The number of rotatable bonds is 5. The average Bonchev–Trinajstić information content (AvgIpc) is 2.27. The molecular weight excluding hydrogens is 279 g/mol. The van der Waals surface area contributed by atoms with Crippen molar-refractivity contribution in [3.63, 3.8) is 0 Å². The Morgan fingerprint density at radius 1 is 1.50 bits per heavy atom. The monoisotopic (exact) mass is 293 g/mol. The van der Waals surface area contributed by atoms with Gasteiger partial charge in [-0.3, -0.25) is 19.9 Å². The number of hydrogen-bond acceptors (Lipinski definition) is 4. The molecule has 0 aliphatic rings. The first-order valence-electron chi connectivity index (χ1n) is 5.08. The van der Waals surface area contributed by atoms with Crippen molar-refractivity contribution in [2.75, 3.05) is 19.6 Å². The van der Waals surface area contributed by atoms with Gasteiger partial charge in [0.1, 0.15) is 5.56 Å². The van der Waals surface area contributed by atoms with Crippen LogP contribution in [0.3, 0.4) is 0 Å². The van der Waals surface area contributed by atoms with E-state index in [4.69, 9.17) is 16.5 Å². The summed E-state index contributed by atoms with van der Waals surface area (Å²) in [6, 6.07) is 6.42. The highest BCUT2D eigenvalue weighted by Crippen LogP contribution is 2.32. The van der Waals surface area contributed by atoms with E-state index in [-0.39, 0.29) is 18.5 Å². The summed E-state index contributed by atoms with van der Waals surface area (Å²) in [5.74, 6) is -0.656. The molecule has 8 heteroatoms. The van der Waals surface area contributed by atoms with Gasteiger partial charge in [0.05, 0.1) is 13.0 Å². The van der Waals surface area contributed by atoms with Crippen molar-refractivity contribution < 1.29 is 31.1 Å². The molecule has 0 radical (unpaired) electrons. The SMILES string of the molecule is CP(=O)(O)CNCN(O)C(=O)c1ccccc1[ClH+]. The number of halogens is 1. The van der Waals surface area contributed by atoms with E-state index in [0.29, 0.717) is 10.1 Å². The zero-order valence-corrected chi connectivity index (χ0v) is 11.4. The highest BCUT2D eigenvalue weighted by atomic mass is 35.5. The van der Waals surface area contributed by atoms with Crippen LogP contribution in [0.4, 0.5) is 0 Å². The van der Waals surface area contributed by atoms with Crippen molar-refractivity contribution in [1.82, 2.24) is 10.4 Å². The predicted molar refractivity (Wildman–Crippen MR) is 63.6 cm³/mol. The Bertz CT molecular complexity index is 477. The summed E-state index contributed by atoms with van der Waals surface area (Å²) in [6.07, 6.45) is -0.188.